The number of rotatable bonds is 1. The van der Waals surface area contributed by atoms with Crippen LogP contribution in [0.25, 0.3) is 0 Å². The van der Waals surface area contributed by atoms with Crippen LogP contribution in [0.15, 0.2) is 24.4 Å². The first-order valence-electron chi connectivity index (χ1n) is 6.62. The van der Waals surface area contributed by atoms with Crippen molar-refractivity contribution in [3.63, 3.8) is 0 Å². The minimum atomic E-state index is -4.56. The lowest BCUT2D eigenvalue weighted by molar-refractivity contribution is -0.148. The van der Waals surface area contributed by atoms with Gasteiger partial charge in [0.05, 0.1) is 6.04 Å². The minimum Gasteiger partial charge on any atom is -0.326 e. The Balaban J connectivity index is 1.91. The van der Waals surface area contributed by atoms with Gasteiger partial charge in [0.15, 0.2) is 5.82 Å². The largest absolute Gasteiger partial charge is 0.451 e. The monoisotopic (exact) mass is 311 g/mol. The van der Waals surface area contributed by atoms with Gasteiger partial charge in [0.2, 0.25) is 5.82 Å². The van der Waals surface area contributed by atoms with E-state index in [-0.39, 0.29) is 30.5 Å². The predicted octanol–water partition coefficient (Wildman–Crippen LogP) is 1.91. The Morgan fingerprint density at radius 1 is 1.27 bits per heavy atom. The van der Waals surface area contributed by atoms with Crippen molar-refractivity contribution >= 4 is 5.91 Å². The maximum Gasteiger partial charge on any atom is 0.451 e. The highest BCUT2D eigenvalue weighted by molar-refractivity contribution is 5.92. The van der Waals surface area contributed by atoms with Crippen molar-refractivity contribution in [3.05, 3.63) is 41.7 Å². The molecule has 0 saturated heterocycles. The zero-order chi connectivity index (χ0) is 15.9. The highest BCUT2D eigenvalue weighted by atomic mass is 19.4. The molecule has 0 saturated carbocycles. The maximum atomic E-state index is 12.8. The van der Waals surface area contributed by atoms with Crippen LogP contribution >= 0.6 is 0 Å². The van der Waals surface area contributed by atoms with Gasteiger partial charge >= 0.3 is 6.18 Å². The van der Waals surface area contributed by atoms with Crippen molar-refractivity contribution in [3.8, 4) is 0 Å². The fraction of sp³-hybridized carbons (Fsp3) is 0.385. The van der Waals surface area contributed by atoms with Crippen LogP contribution in [0.2, 0.25) is 0 Å². The molecule has 9 heteroatoms. The van der Waals surface area contributed by atoms with Gasteiger partial charge in [-0.3, -0.25) is 9.78 Å². The zero-order valence-corrected chi connectivity index (χ0v) is 11.6. The third kappa shape index (κ3) is 2.32. The summed E-state index contributed by atoms with van der Waals surface area (Å²) in [5.74, 6) is -1.24. The van der Waals surface area contributed by atoms with Crippen LogP contribution in [0.5, 0.6) is 0 Å². The molecule has 1 aliphatic rings. The molecule has 0 aromatic carbocycles. The normalized spacial score (nSPS) is 18.2. The van der Waals surface area contributed by atoms with Gasteiger partial charge in [-0.15, -0.1) is 10.2 Å². The van der Waals surface area contributed by atoms with E-state index < -0.39 is 18.0 Å². The smallest absolute Gasteiger partial charge is 0.326 e. The Hall–Kier alpha value is -2.45. The van der Waals surface area contributed by atoms with E-state index in [0.29, 0.717) is 0 Å². The zero-order valence-electron chi connectivity index (χ0n) is 11.6. The number of amides is 1. The lowest BCUT2D eigenvalue weighted by Gasteiger charge is -2.33. The summed E-state index contributed by atoms with van der Waals surface area (Å²) < 4.78 is 39.5. The van der Waals surface area contributed by atoms with Crippen LogP contribution in [-0.2, 0) is 12.7 Å². The van der Waals surface area contributed by atoms with Crippen LogP contribution in [0.1, 0.15) is 35.1 Å². The van der Waals surface area contributed by atoms with Gasteiger partial charge in [0.25, 0.3) is 5.91 Å². The number of pyridine rings is 1. The second kappa shape index (κ2) is 5.08. The summed E-state index contributed by atoms with van der Waals surface area (Å²) in [6, 6.07) is 4.32. The van der Waals surface area contributed by atoms with E-state index in [9.17, 15) is 18.0 Å². The molecule has 6 nitrogen and oxygen atoms in total. The predicted molar refractivity (Wildman–Crippen MR) is 68.7 cm³/mol. The molecule has 1 atom stereocenters. The molecular formula is C13H12F3N5O. The van der Waals surface area contributed by atoms with Gasteiger partial charge in [-0.05, 0) is 19.1 Å². The second-order valence-corrected chi connectivity index (χ2v) is 4.92. The molecule has 0 radical (unpaired) electrons. The SMILES string of the molecule is CC1c2nnc(C(F)(F)F)n2CCN1C(=O)c1ccccn1. The van der Waals surface area contributed by atoms with Crippen molar-refractivity contribution in [2.75, 3.05) is 6.54 Å². The first-order chi connectivity index (χ1) is 10.4. The van der Waals surface area contributed by atoms with Gasteiger partial charge in [-0.1, -0.05) is 6.07 Å². The van der Waals surface area contributed by atoms with E-state index in [1.807, 2.05) is 0 Å². The molecule has 1 unspecified atom stereocenters. The molecule has 0 spiro atoms. The van der Waals surface area contributed by atoms with Crippen LogP contribution in [0, 0.1) is 0 Å². The maximum absolute atomic E-state index is 12.8. The molecule has 116 valence electrons. The minimum absolute atomic E-state index is 0.0000895. The number of halogens is 3. The Kier molecular flexibility index (Phi) is 3.34. The third-order valence-electron chi connectivity index (χ3n) is 3.58. The number of aromatic nitrogens is 4. The van der Waals surface area contributed by atoms with E-state index in [2.05, 4.69) is 15.2 Å². The highest BCUT2D eigenvalue weighted by Gasteiger charge is 2.41. The third-order valence-corrected chi connectivity index (χ3v) is 3.58. The molecule has 1 amide bonds. The average molecular weight is 311 g/mol. The number of hydrogen-bond donors (Lipinski definition) is 0. The standard InChI is InChI=1S/C13H12F3N5O/c1-8-10-18-19-12(13(14,15)16)21(10)7-6-20(8)11(22)9-4-2-3-5-17-9/h2-5,8H,6-7H2,1H3. The van der Waals surface area contributed by atoms with Crippen LogP contribution in [0.3, 0.4) is 0 Å². The van der Waals surface area contributed by atoms with Gasteiger partial charge in [0.1, 0.15) is 5.69 Å². The summed E-state index contributed by atoms with van der Waals surface area (Å²) in [5, 5.41) is 6.83. The van der Waals surface area contributed by atoms with E-state index in [0.717, 1.165) is 4.57 Å². The average Bonchev–Trinajstić information content (AvgIpc) is 2.93. The number of nitrogens with zero attached hydrogens (tertiary/aromatic N) is 5. The molecule has 22 heavy (non-hydrogen) atoms. The molecule has 0 bridgehead atoms. The summed E-state index contributed by atoms with van der Waals surface area (Å²) in [6.07, 6.45) is -3.07. The summed E-state index contributed by atoms with van der Waals surface area (Å²) in [6.45, 7) is 1.77. The number of fused-ring (bicyclic) bond motifs is 1. The fourth-order valence-corrected chi connectivity index (χ4v) is 2.51. The van der Waals surface area contributed by atoms with Crippen LogP contribution in [-0.4, -0.2) is 37.1 Å². The number of hydrogen-bond acceptors (Lipinski definition) is 4. The highest BCUT2D eigenvalue weighted by Crippen LogP contribution is 2.32. The molecule has 3 heterocycles. The first-order valence-corrected chi connectivity index (χ1v) is 6.62. The molecular weight excluding hydrogens is 299 g/mol. The van der Waals surface area contributed by atoms with Crippen molar-refractivity contribution in [2.45, 2.75) is 25.7 Å². The Bertz CT molecular complexity index is 697. The fourth-order valence-electron chi connectivity index (χ4n) is 2.51. The molecule has 0 fully saturated rings. The van der Waals surface area contributed by atoms with Gasteiger partial charge in [-0.25, -0.2) is 0 Å². The summed E-state index contributed by atoms with van der Waals surface area (Å²) >= 11 is 0. The van der Waals surface area contributed by atoms with Gasteiger partial charge in [0, 0.05) is 19.3 Å². The van der Waals surface area contributed by atoms with Crippen molar-refractivity contribution < 1.29 is 18.0 Å². The summed E-state index contributed by atoms with van der Waals surface area (Å²) in [5.41, 5.74) is 0.248. The molecule has 2 aromatic heterocycles. The van der Waals surface area contributed by atoms with Crippen LogP contribution < -0.4 is 0 Å². The Morgan fingerprint density at radius 3 is 2.68 bits per heavy atom. The number of carbonyl (C=O) groups is 1. The van der Waals surface area contributed by atoms with Gasteiger partial charge in [-0.2, -0.15) is 13.2 Å². The van der Waals surface area contributed by atoms with E-state index in [1.165, 1.54) is 11.1 Å². The lowest BCUT2D eigenvalue weighted by Crippen LogP contribution is -2.42. The molecule has 1 aliphatic heterocycles. The number of carbonyl (C=O) groups excluding carboxylic acids is 1. The topological polar surface area (TPSA) is 63.9 Å². The van der Waals surface area contributed by atoms with E-state index >= 15 is 0 Å². The van der Waals surface area contributed by atoms with Crippen LogP contribution in [0.4, 0.5) is 13.2 Å². The molecule has 3 rings (SSSR count). The van der Waals surface area contributed by atoms with Crippen molar-refractivity contribution in [2.24, 2.45) is 0 Å². The Morgan fingerprint density at radius 2 is 2.05 bits per heavy atom. The first kappa shape index (κ1) is 14.5. The molecule has 0 N–H and O–H groups in total. The lowest BCUT2D eigenvalue weighted by atomic mass is 10.2. The summed E-state index contributed by atoms with van der Waals surface area (Å²) in [7, 11) is 0. The van der Waals surface area contributed by atoms with Crippen molar-refractivity contribution in [1.29, 1.82) is 0 Å². The second-order valence-electron chi connectivity index (χ2n) is 4.92. The van der Waals surface area contributed by atoms with E-state index in [1.54, 1.807) is 25.1 Å². The molecule has 2 aromatic rings. The molecule has 0 aliphatic carbocycles. The van der Waals surface area contributed by atoms with Crippen molar-refractivity contribution in [1.82, 2.24) is 24.6 Å². The quantitative estimate of drug-likeness (QED) is 0.807. The number of alkyl halides is 3. The van der Waals surface area contributed by atoms with E-state index in [4.69, 9.17) is 0 Å². The Labute approximate surface area is 123 Å². The summed E-state index contributed by atoms with van der Waals surface area (Å²) in [4.78, 5) is 17.8. The van der Waals surface area contributed by atoms with Gasteiger partial charge < -0.3 is 9.47 Å².